The summed E-state index contributed by atoms with van der Waals surface area (Å²) in [4.78, 5) is 18.6. The highest BCUT2D eigenvalue weighted by Crippen LogP contribution is 2.25. The number of nitrogens with zero attached hydrogens (tertiary/aromatic N) is 3. The smallest absolute Gasteiger partial charge is 0.264 e. The van der Waals surface area contributed by atoms with Crippen LogP contribution in [0.4, 0.5) is 4.39 Å². The molecule has 0 saturated carbocycles. The molecule has 7 nitrogen and oxygen atoms in total. The molecule has 2 heterocycles. The molecular weight excluding hydrogens is 389 g/mol. The van der Waals surface area contributed by atoms with Crippen molar-refractivity contribution < 1.29 is 23.2 Å². The monoisotopic (exact) mass is 411 g/mol. The van der Waals surface area contributed by atoms with Crippen LogP contribution in [0.1, 0.15) is 29.6 Å². The molecule has 156 valence electrons. The molecule has 0 N–H and O–H groups in total. The fourth-order valence-electron chi connectivity index (χ4n) is 3.31. The molecule has 30 heavy (non-hydrogen) atoms. The van der Waals surface area contributed by atoms with Crippen LogP contribution in [0.15, 0.2) is 53.1 Å². The zero-order valence-electron chi connectivity index (χ0n) is 16.6. The Kier molecular flexibility index (Phi) is 5.92. The number of hydrogen-bond donors (Lipinski definition) is 0. The van der Waals surface area contributed by atoms with Gasteiger partial charge < -0.3 is 18.9 Å². The summed E-state index contributed by atoms with van der Waals surface area (Å²) in [5.41, 5.74) is 1.08. The summed E-state index contributed by atoms with van der Waals surface area (Å²) in [7, 11) is 0. The number of rotatable bonds is 7. The van der Waals surface area contributed by atoms with Crippen molar-refractivity contribution in [3.8, 4) is 11.5 Å². The fourth-order valence-corrected chi connectivity index (χ4v) is 3.31. The van der Waals surface area contributed by atoms with Crippen LogP contribution in [-0.2, 0) is 11.4 Å². The number of hydrogen-bond acceptors (Lipinski definition) is 6. The van der Waals surface area contributed by atoms with Gasteiger partial charge in [-0.2, -0.15) is 4.98 Å². The summed E-state index contributed by atoms with van der Waals surface area (Å²) in [6.07, 6.45) is 0.758. The van der Waals surface area contributed by atoms with Crippen LogP contribution in [0.5, 0.6) is 11.5 Å². The van der Waals surface area contributed by atoms with Crippen LogP contribution in [-0.4, -0.2) is 40.6 Å². The van der Waals surface area contributed by atoms with Crippen molar-refractivity contribution >= 4 is 5.91 Å². The van der Waals surface area contributed by atoms with Crippen molar-refractivity contribution in [1.82, 2.24) is 15.0 Å². The quantitative estimate of drug-likeness (QED) is 0.592. The minimum absolute atomic E-state index is 0.000816. The number of carbonyl (C=O) groups is 1. The van der Waals surface area contributed by atoms with Crippen molar-refractivity contribution in [2.75, 3.05) is 19.7 Å². The van der Waals surface area contributed by atoms with Gasteiger partial charge >= 0.3 is 0 Å². The van der Waals surface area contributed by atoms with Gasteiger partial charge in [-0.3, -0.25) is 4.79 Å². The molecule has 1 aliphatic rings. The molecule has 1 fully saturated rings. The van der Waals surface area contributed by atoms with E-state index in [4.69, 9.17) is 14.0 Å². The average molecular weight is 411 g/mol. The second-order valence-corrected chi connectivity index (χ2v) is 7.22. The molecule has 2 aromatic carbocycles. The van der Waals surface area contributed by atoms with E-state index in [0.29, 0.717) is 36.3 Å². The minimum Gasteiger partial charge on any atom is -0.484 e. The predicted octanol–water partition coefficient (Wildman–Crippen LogP) is 3.49. The van der Waals surface area contributed by atoms with Gasteiger partial charge in [-0.05, 0) is 55.3 Å². The van der Waals surface area contributed by atoms with Crippen molar-refractivity contribution in [1.29, 1.82) is 0 Å². The Labute approximate surface area is 173 Å². The van der Waals surface area contributed by atoms with Gasteiger partial charge in [-0.15, -0.1) is 0 Å². The molecule has 8 heteroatoms. The Balaban J connectivity index is 1.26. The number of halogens is 1. The third-order valence-electron chi connectivity index (χ3n) is 4.92. The van der Waals surface area contributed by atoms with E-state index in [2.05, 4.69) is 10.1 Å². The molecule has 1 aliphatic heterocycles. The molecule has 0 aliphatic carbocycles. The van der Waals surface area contributed by atoms with Crippen molar-refractivity contribution in [2.45, 2.75) is 25.9 Å². The van der Waals surface area contributed by atoms with Crippen LogP contribution in [0.25, 0.3) is 0 Å². The maximum absolute atomic E-state index is 12.9. The van der Waals surface area contributed by atoms with Gasteiger partial charge in [0.25, 0.3) is 11.8 Å². The Hall–Kier alpha value is -3.42. The number of benzene rings is 2. The van der Waals surface area contributed by atoms with E-state index >= 15 is 0 Å². The largest absolute Gasteiger partial charge is 0.484 e. The maximum Gasteiger partial charge on any atom is 0.264 e. The van der Waals surface area contributed by atoms with Gasteiger partial charge in [0.05, 0.1) is 0 Å². The highest BCUT2D eigenvalue weighted by molar-refractivity contribution is 5.78. The van der Waals surface area contributed by atoms with E-state index in [-0.39, 0.29) is 30.9 Å². The first-order chi connectivity index (χ1) is 14.6. The summed E-state index contributed by atoms with van der Waals surface area (Å²) < 4.78 is 29.3. The Bertz CT molecular complexity index is 1010. The fraction of sp³-hybridized carbons (Fsp3) is 0.318. The second-order valence-electron chi connectivity index (χ2n) is 7.22. The van der Waals surface area contributed by atoms with E-state index in [1.54, 1.807) is 4.90 Å². The molecule has 1 amide bonds. The van der Waals surface area contributed by atoms with Gasteiger partial charge in [0.2, 0.25) is 0 Å². The Morgan fingerprint density at radius 2 is 2.03 bits per heavy atom. The maximum atomic E-state index is 12.9. The highest BCUT2D eigenvalue weighted by atomic mass is 19.1. The average Bonchev–Trinajstić information content (AvgIpc) is 3.41. The van der Waals surface area contributed by atoms with Crippen LogP contribution in [0, 0.1) is 12.7 Å². The lowest BCUT2D eigenvalue weighted by atomic mass is 10.1. The zero-order valence-corrected chi connectivity index (χ0v) is 16.6. The minimum atomic E-state index is -0.327. The van der Waals surface area contributed by atoms with Crippen molar-refractivity contribution in [2.24, 2.45) is 0 Å². The summed E-state index contributed by atoms with van der Waals surface area (Å²) in [5.74, 6) is 1.71. The first-order valence-electron chi connectivity index (χ1n) is 9.75. The van der Waals surface area contributed by atoms with Crippen LogP contribution in [0.3, 0.4) is 0 Å². The summed E-state index contributed by atoms with van der Waals surface area (Å²) >= 11 is 0. The number of amides is 1. The Morgan fingerprint density at radius 1 is 1.20 bits per heavy atom. The first kappa shape index (κ1) is 19.9. The molecule has 3 aromatic rings. The lowest BCUT2D eigenvalue weighted by molar-refractivity contribution is -0.132. The van der Waals surface area contributed by atoms with E-state index < -0.39 is 0 Å². The first-order valence-corrected chi connectivity index (χ1v) is 9.75. The molecule has 0 spiro atoms. The zero-order chi connectivity index (χ0) is 20.9. The number of ether oxygens (including phenoxy) is 2. The highest BCUT2D eigenvalue weighted by Gasteiger charge is 2.30. The van der Waals surface area contributed by atoms with Crippen LogP contribution in [0.2, 0.25) is 0 Å². The summed E-state index contributed by atoms with van der Waals surface area (Å²) in [6, 6.07) is 13.3. The van der Waals surface area contributed by atoms with Gasteiger partial charge in [0.15, 0.2) is 19.0 Å². The standard InChI is InChI=1S/C22H22FN3O4/c1-15-3-2-4-19(11-15)29-14-21(27)26-10-9-16(12-26)22-24-20(30-25-22)13-28-18-7-5-17(23)6-8-18/h2-8,11,16H,9-10,12-14H2,1H3. The van der Waals surface area contributed by atoms with Crippen molar-refractivity contribution in [3.63, 3.8) is 0 Å². The number of carbonyl (C=O) groups excluding carboxylic acids is 1. The molecule has 0 radical (unpaired) electrons. The molecule has 1 atom stereocenters. The molecular formula is C22H22FN3O4. The Morgan fingerprint density at radius 3 is 2.83 bits per heavy atom. The van der Waals surface area contributed by atoms with E-state index in [1.165, 1.54) is 24.3 Å². The normalized spacial score (nSPS) is 15.9. The SMILES string of the molecule is Cc1cccc(OCC(=O)N2CCC(c3noc(COc4ccc(F)cc4)n3)C2)c1. The molecule has 4 rings (SSSR count). The van der Waals surface area contributed by atoms with Gasteiger partial charge in [-0.1, -0.05) is 17.3 Å². The van der Waals surface area contributed by atoms with Gasteiger partial charge in [0, 0.05) is 19.0 Å². The van der Waals surface area contributed by atoms with E-state index in [9.17, 15) is 9.18 Å². The topological polar surface area (TPSA) is 77.7 Å². The lowest BCUT2D eigenvalue weighted by Crippen LogP contribution is -2.32. The van der Waals surface area contributed by atoms with E-state index in [0.717, 1.165) is 12.0 Å². The third kappa shape index (κ3) is 4.94. The number of aromatic nitrogens is 2. The lowest BCUT2D eigenvalue weighted by Gasteiger charge is -2.16. The molecule has 1 unspecified atom stereocenters. The summed E-state index contributed by atoms with van der Waals surface area (Å²) in [6.45, 7) is 3.21. The van der Waals surface area contributed by atoms with Gasteiger partial charge in [-0.25, -0.2) is 4.39 Å². The van der Waals surface area contributed by atoms with Gasteiger partial charge in [0.1, 0.15) is 17.3 Å². The van der Waals surface area contributed by atoms with E-state index in [1.807, 2.05) is 31.2 Å². The molecule has 1 saturated heterocycles. The second kappa shape index (κ2) is 8.94. The number of likely N-dealkylation sites (tertiary alicyclic amines) is 1. The van der Waals surface area contributed by atoms with Crippen LogP contribution >= 0.6 is 0 Å². The summed E-state index contributed by atoms with van der Waals surface area (Å²) in [5, 5.41) is 4.03. The van der Waals surface area contributed by atoms with Crippen molar-refractivity contribution in [3.05, 3.63) is 71.6 Å². The number of aryl methyl sites for hydroxylation is 1. The third-order valence-corrected chi connectivity index (χ3v) is 4.92. The molecule has 0 bridgehead atoms. The molecule has 1 aromatic heterocycles. The predicted molar refractivity (Wildman–Crippen MR) is 106 cm³/mol. The van der Waals surface area contributed by atoms with Crippen LogP contribution < -0.4 is 9.47 Å².